The van der Waals surface area contributed by atoms with Crippen molar-refractivity contribution in [2.75, 3.05) is 0 Å². The highest BCUT2D eigenvalue weighted by Gasteiger charge is 2.40. The standard InChI is InChI=1S/C23H20/c1-17-22(18-11-5-3-6-12-18)20-15-9-10-16-21(20)23(17,2)19-13-7-4-8-14-19/h3-16H,1-2H3. The Kier molecular flexibility index (Phi) is 3.20. The largest absolute Gasteiger partial charge is 0.0622 e. The Morgan fingerprint density at radius 2 is 1.22 bits per heavy atom. The van der Waals surface area contributed by atoms with E-state index in [1.165, 1.54) is 33.4 Å². The van der Waals surface area contributed by atoms with E-state index in [-0.39, 0.29) is 5.41 Å². The molecule has 23 heavy (non-hydrogen) atoms. The number of allylic oxidation sites excluding steroid dienone is 1. The molecule has 3 aromatic rings. The Balaban J connectivity index is 2.04. The molecule has 112 valence electrons. The third-order valence-corrected chi connectivity index (χ3v) is 5.27. The van der Waals surface area contributed by atoms with E-state index < -0.39 is 0 Å². The van der Waals surface area contributed by atoms with Crippen LogP contribution in [0.5, 0.6) is 0 Å². The minimum absolute atomic E-state index is 0.0664. The van der Waals surface area contributed by atoms with Gasteiger partial charge in [-0.25, -0.2) is 0 Å². The maximum atomic E-state index is 2.35. The van der Waals surface area contributed by atoms with E-state index in [1.54, 1.807) is 0 Å². The highest BCUT2D eigenvalue weighted by atomic mass is 14.4. The first kappa shape index (κ1) is 14.0. The minimum Gasteiger partial charge on any atom is -0.0622 e. The molecule has 3 aromatic carbocycles. The van der Waals surface area contributed by atoms with E-state index in [2.05, 4.69) is 98.8 Å². The van der Waals surface area contributed by atoms with Gasteiger partial charge in [0.05, 0.1) is 0 Å². The first-order valence-corrected chi connectivity index (χ1v) is 8.15. The average Bonchev–Trinajstić information content (AvgIpc) is 2.86. The van der Waals surface area contributed by atoms with Gasteiger partial charge in [0.15, 0.2) is 0 Å². The van der Waals surface area contributed by atoms with Gasteiger partial charge in [0.2, 0.25) is 0 Å². The Bertz CT molecular complexity index is 872. The van der Waals surface area contributed by atoms with Crippen LogP contribution in [-0.4, -0.2) is 0 Å². The fourth-order valence-corrected chi connectivity index (χ4v) is 3.91. The van der Waals surface area contributed by atoms with Gasteiger partial charge in [0.25, 0.3) is 0 Å². The lowest BCUT2D eigenvalue weighted by atomic mass is 9.74. The highest BCUT2D eigenvalue weighted by molar-refractivity contribution is 5.90. The molecule has 1 atom stereocenters. The maximum absolute atomic E-state index is 2.35. The van der Waals surface area contributed by atoms with Crippen molar-refractivity contribution in [2.24, 2.45) is 0 Å². The molecule has 0 amide bonds. The van der Waals surface area contributed by atoms with E-state index in [1.807, 2.05) is 0 Å². The van der Waals surface area contributed by atoms with Crippen LogP contribution in [-0.2, 0) is 5.41 Å². The highest BCUT2D eigenvalue weighted by Crippen LogP contribution is 2.51. The van der Waals surface area contributed by atoms with E-state index in [0.717, 1.165) is 0 Å². The second-order valence-corrected chi connectivity index (χ2v) is 6.40. The molecule has 0 saturated carbocycles. The molecule has 0 heteroatoms. The summed E-state index contributed by atoms with van der Waals surface area (Å²) in [4.78, 5) is 0. The normalized spacial score (nSPS) is 19.7. The summed E-state index contributed by atoms with van der Waals surface area (Å²) >= 11 is 0. The lowest BCUT2D eigenvalue weighted by Crippen LogP contribution is -2.22. The van der Waals surface area contributed by atoms with Crippen LogP contribution in [0.25, 0.3) is 5.57 Å². The number of fused-ring (bicyclic) bond motifs is 1. The molecular formula is C23H20. The molecule has 0 radical (unpaired) electrons. The van der Waals surface area contributed by atoms with Gasteiger partial charge in [-0.3, -0.25) is 0 Å². The quantitative estimate of drug-likeness (QED) is 0.558. The molecule has 0 nitrogen and oxygen atoms in total. The van der Waals surface area contributed by atoms with Gasteiger partial charge in [-0.1, -0.05) is 90.5 Å². The topological polar surface area (TPSA) is 0 Å². The number of hydrogen-bond donors (Lipinski definition) is 0. The zero-order valence-corrected chi connectivity index (χ0v) is 13.6. The fourth-order valence-electron chi connectivity index (χ4n) is 3.91. The van der Waals surface area contributed by atoms with Crippen molar-refractivity contribution in [3.8, 4) is 0 Å². The molecule has 0 aromatic heterocycles. The van der Waals surface area contributed by atoms with E-state index in [0.29, 0.717) is 0 Å². The Morgan fingerprint density at radius 1 is 0.652 bits per heavy atom. The van der Waals surface area contributed by atoms with Gasteiger partial charge in [0.1, 0.15) is 0 Å². The predicted octanol–water partition coefficient (Wildman–Crippen LogP) is 5.83. The van der Waals surface area contributed by atoms with Crippen molar-refractivity contribution in [3.63, 3.8) is 0 Å². The van der Waals surface area contributed by atoms with Gasteiger partial charge in [-0.2, -0.15) is 0 Å². The van der Waals surface area contributed by atoms with E-state index >= 15 is 0 Å². The maximum Gasteiger partial charge on any atom is 0.0395 e. The van der Waals surface area contributed by atoms with Crippen molar-refractivity contribution < 1.29 is 0 Å². The van der Waals surface area contributed by atoms with Crippen LogP contribution >= 0.6 is 0 Å². The molecule has 0 fully saturated rings. The summed E-state index contributed by atoms with van der Waals surface area (Å²) in [5.41, 5.74) is 8.17. The van der Waals surface area contributed by atoms with Crippen LogP contribution in [0, 0.1) is 0 Å². The average molecular weight is 296 g/mol. The summed E-state index contributed by atoms with van der Waals surface area (Å²) in [5.74, 6) is 0. The minimum atomic E-state index is -0.0664. The van der Waals surface area contributed by atoms with Gasteiger partial charge in [-0.05, 0) is 41.7 Å². The van der Waals surface area contributed by atoms with E-state index in [9.17, 15) is 0 Å². The molecule has 0 aliphatic heterocycles. The molecule has 0 saturated heterocycles. The van der Waals surface area contributed by atoms with Crippen LogP contribution in [0.1, 0.15) is 36.1 Å². The summed E-state index contributed by atoms with van der Waals surface area (Å²) < 4.78 is 0. The molecule has 4 rings (SSSR count). The Hall–Kier alpha value is -2.60. The van der Waals surface area contributed by atoms with Crippen molar-refractivity contribution in [2.45, 2.75) is 19.3 Å². The van der Waals surface area contributed by atoms with Crippen LogP contribution in [0.4, 0.5) is 0 Å². The second-order valence-electron chi connectivity index (χ2n) is 6.40. The Labute approximate surface area is 138 Å². The molecular weight excluding hydrogens is 276 g/mol. The molecule has 0 N–H and O–H groups in total. The summed E-state index contributed by atoms with van der Waals surface area (Å²) in [6.07, 6.45) is 0. The first-order valence-electron chi connectivity index (χ1n) is 8.15. The SMILES string of the molecule is CC1=C(c2ccccc2)c2ccccc2C1(C)c1ccccc1. The zero-order chi connectivity index (χ0) is 15.9. The molecule has 1 aliphatic carbocycles. The fraction of sp³-hybridized carbons (Fsp3) is 0.130. The molecule has 0 heterocycles. The van der Waals surface area contributed by atoms with Crippen molar-refractivity contribution in [1.29, 1.82) is 0 Å². The number of hydrogen-bond acceptors (Lipinski definition) is 0. The van der Waals surface area contributed by atoms with Crippen molar-refractivity contribution >= 4 is 5.57 Å². The summed E-state index contributed by atoms with van der Waals surface area (Å²) in [7, 11) is 0. The zero-order valence-electron chi connectivity index (χ0n) is 13.6. The van der Waals surface area contributed by atoms with Gasteiger partial charge >= 0.3 is 0 Å². The summed E-state index contributed by atoms with van der Waals surface area (Å²) in [6, 6.07) is 30.4. The summed E-state index contributed by atoms with van der Waals surface area (Å²) in [5, 5.41) is 0. The first-order chi connectivity index (χ1) is 11.2. The smallest absolute Gasteiger partial charge is 0.0395 e. The summed E-state index contributed by atoms with van der Waals surface area (Å²) in [6.45, 7) is 4.64. The van der Waals surface area contributed by atoms with Gasteiger partial charge < -0.3 is 0 Å². The van der Waals surface area contributed by atoms with Crippen LogP contribution in [0.3, 0.4) is 0 Å². The molecule has 1 aliphatic rings. The Morgan fingerprint density at radius 3 is 1.91 bits per heavy atom. The van der Waals surface area contributed by atoms with Crippen molar-refractivity contribution in [3.05, 3.63) is 113 Å². The lowest BCUT2D eigenvalue weighted by molar-refractivity contribution is 0.690. The van der Waals surface area contributed by atoms with Gasteiger partial charge in [-0.15, -0.1) is 0 Å². The van der Waals surface area contributed by atoms with Crippen LogP contribution in [0.2, 0.25) is 0 Å². The second kappa shape index (κ2) is 5.24. The third kappa shape index (κ3) is 1.98. The predicted molar refractivity (Wildman–Crippen MR) is 97.5 cm³/mol. The third-order valence-electron chi connectivity index (χ3n) is 5.27. The lowest BCUT2D eigenvalue weighted by Gasteiger charge is -2.29. The van der Waals surface area contributed by atoms with Crippen LogP contribution < -0.4 is 0 Å². The van der Waals surface area contributed by atoms with Crippen molar-refractivity contribution in [1.82, 2.24) is 0 Å². The number of benzene rings is 3. The number of rotatable bonds is 2. The monoisotopic (exact) mass is 296 g/mol. The molecule has 0 bridgehead atoms. The molecule has 0 spiro atoms. The molecule has 1 unspecified atom stereocenters. The van der Waals surface area contributed by atoms with Crippen LogP contribution in [0.15, 0.2) is 90.5 Å². The van der Waals surface area contributed by atoms with E-state index in [4.69, 9.17) is 0 Å². The van der Waals surface area contributed by atoms with Gasteiger partial charge in [0, 0.05) is 5.41 Å².